The van der Waals surface area contributed by atoms with E-state index in [-0.39, 0.29) is 5.75 Å². The third-order valence-corrected chi connectivity index (χ3v) is 3.60. The summed E-state index contributed by atoms with van der Waals surface area (Å²) >= 11 is 0. The number of nitrogens with zero attached hydrogens (tertiary/aromatic N) is 1. The lowest BCUT2D eigenvalue weighted by Gasteiger charge is -2.15. The van der Waals surface area contributed by atoms with E-state index in [0.29, 0.717) is 31.3 Å². The van der Waals surface area contributed by atoms with Gasteiger partial charge in [-0.15, -0.1) is 0 Å². The third kappa shape index (κ3) is 3.75. The molecule has 0 saturated carbocycles. The number of fused-ring (bicyclic) bond motifs is 1. The Morgan fingerprint density at radius 2 is 1.88 bits per heavy atom. The Morgan fingerprint density at radius 3 is 2.67 bits per heavy atom. The topological polar surface area (TPSA) is 77.6 Å². The number of nitrogens with two attached hydrogens (primary N) is 1. The Morgan fingerprint density at radius 1 is 1.04 bits per heavy atom. The molecule has 2 aromatic carbocycles. The van der Waals surface area contributed by atoms with Crippen LogP contribution in [0.3, 0.4) is 0 Å². The van der Waals surface area contributed by atoms with Gasteiger partial charge in [0.25, 0.3) is 0 Å². The molecule has 0 unspecified atom stereocenters. The predicted octanol–water partition coefficient (Wildman–Crippen LogP) is 3.25. The standard InChI is InChI=1S/C19H20N2O3/c20-9-4-10-23-19-16-11-15(22)12-21-17(16)7-8-18(19)24-13-14-5-2-1-3-6-14/h1-3,5-8,11-12,22H,4,9-10,13,20H2. The first kappa shape index (κ1) is 16.1. The fraction of sp³-hybridized carbons (Fsp3) is 0.211. The van der Waals surface area contributed by atoms with Crippen LogP contribution < -0.4 is 15.2 Å². The number of hydrogen-bond donors (Lipinski definition) is 2. The summed E-state index contributed by atoms with van der Waals surface area (Å²) in [6, 6.07) is 15.2. The van der Waals surface area contributed by atoms with Crippen LogP contribution in [0.25, 0.3) is 10.9 Å². The first-order valence-corrected chi connectivity index (χ1v) is 7.89. The molecule has 0 fully saturated rings. The lowest BCUT2D eigenvalue weighted by Crippen LogP contribution is -2.07. The smallest absolute Gasteiger partial charge is 0.170 e. The normalized spacial score (nSPS) is 10.7. The molecule has 3 aromatic rings. The zero-order valence-electron chi connectivity index (χ0n) is 13.3. The van der Waals surface area contributed by atoms with Gasteiger partial charge in [0, 0.05) is 5.39 Å². The monoisotopic (exact) mass is 324 g/mol. The Kier molecular flexibility index (Phi) is 5.13. The van der Waals surface area contributed by atoms with Crippen LogP contribution in [0.15, 0.2) is 54.7 Å². The molecule has 0 saturated heterocycles. The van der Waals surface area contributed by atoms with Crippen molar-refractivity contribution in [2.75, 3.05) is 13.2 Å². The van der Waals surface area contributed by atoms with Crippen LogP contribution in [-0.4, -0.2) is 23.2 Å². The molecule has 1 aromatic heterocycles. The minimum atomic E-state index is 0.0892. The molecular weight excluding hydrogens is 304 g/mol. The van der Waals surface area contributed by atoms with E-state index in [9.17, 15) is 5.11 Å². The maximum atomic E-state index is 9.75. The summed E-state index contributed by atoms with van der Waals surface area (Å²) in [4.78, 5) is 4.22. The van der Waals surface area contributed by atoms with Gasteiger partial charge in [0.05, 0.1) is 18.3 Å². The van der Waals surface area contributed by atoms with Gasteiger partial charge in [-0.05, 0) is 36.7 Å². The van der Waals surface area contributed by atoms with Crippen LogP contribution in [0, 0.1) is 0 Å². The van der Waals surface area contributed by atoms with Gasteiger partial charge < -0.3 is 20.3 Å². The van der Waals surface area contributed by atoms with E-state index in [0.717, 1.165) is 22.9 Å². The predicted molar refractivity (Wildman–Crippen MR) is 93.3 cm³/mol. The first-order valence-electron chi connectivity index (χ1n) is 7.89. The van der Waals surface area contributed by atoms with Gasteiger partial charge in [0.1, 0.15) is 12.4 Å². The molecule has 3 rings (SSSR count). The van der Waals surface area contributed by atoms with Crippen LogP contribution in [-0.2, 0) is 6.61 Å². The lowest BCUT2D eigenvalue weighted by molar-refractivity contribution is 0.263. The van der Waals surface area contributed by atoms with Crippen molar-refractivity contribution in [1.29, 1.82) is 0 Å². The van der Waals surface area contributed by atoms with Crippen molar-refractivity contribution in [2.45, 2.75) is 13.0 Å². The highest BCUT2D eigenvalue weighted by atomic mass is 16.5. The summed E-state index contributed by atoms with van der Waals surface area (Å²) in [6.07, 6.45) is 2.15. The Bertz CT molecular complexity index is 806. The number of aromatic nitrogens is 1. The quantitative estimate of drug-likeness (QED) is 0.652. The maximum Gasteiger partial charge on any atom is 0.170 e. The van der Waals surface area contributed by atoms with E-state index in [4.69, 9.17) is 15.2 Å². The Labute approximate surface area is 140 Å². The van der Waals surface area contributed by atoms with Crippen LogP contribution >= 0.6 is 0 Å². The molecule has 0 radical (unpaired) electrons. The SMILES string of the molecule is NCCCOc1c(OCc2ccccc2)ccc2ncc(O)cc12. The summed E-state index contributed by atoms with van der Waals surface area (Å²) in [6.45, 7) is 1.47. The second-order valence-electron chi connectivity index (χ2n) is 5.42. The van der Waals surface area contributed by atoms with Crippen molar-refractivity contribution < 1.29 is 14.6 Å². The van der Waals surface area contributed by atoms with Gasteiger partial charge in [-0.1, -0.05) is 30.3 Å². The van der Waals surface area contributed by atoms with Crippen molar-refractivity contribution >= 4 is 10.9 Å². The van der Waals surface area contributed by atoms with Crippen LogP contribution in [0.5, 0.6) is 17.2 Å². The second-order valence-corrected chi connectivity index (χ2v) is 5.42. The zero-order valence-corrected chi connectivity index (χ0v) is 13.3. The fourth-order valence-corrected chi connectivity index (χ4v) is 2.40. The van der Waals surface area contributed by atoms with Crippen molar-refractivity contribution in [3.8, 4) is 17.2 Å². The molecule has 0 aliphatic rings. The minimum Gasteiger partial charge on any atom is -0.506 e. The van der Waals surface area contributed by atoms with Gasteiger partial charge in [-0.25, -0.2) is 0 Å². The molecular formula is C19H20N2O3. The molecule has 0 atom stereocenters. The molecule has 0 amide bonds. The van der Waals surface area contributed by atoms with Crippen molar-refractivity contribution in [2.24, 2.45) is 5.73 Å². The average Bonchev–Trinajstić information content (AvgIpc) is 2.62. The highest BCUT2D eigenvalue weighted by Gasteiger charge is 2.12. The largest absolute Gasteiger partial charge is 0.506 e. The van der Waals surface area contributed by atoms with E-state index in [1.54, 1.807) is 6.07 Å². The number of aromatic hydroxyl groups is 1. The summed E-state index contributed by atoms with van der Waals surface area (Å²) in [5.74, 6) is 1.29. The van der Waals surface area contributed by atoms with E-state index >= 15 is 0 Å². The number of benzene rings is 2. The van der Waals surface area contributed by atoms with Crippen LogP contribution in [0.1, 0.15) is 12.0 Å². The Balaban J connectivity index is 1.91. The third-order valence-electron chi connectivity index (χ3n) is 3.60. The number of hydrogen-bond acceptors (Lipinski definition) is 5. The molecule has 0 aliphatic heterocycles. The van der Waals surface area contributed by atoms with Crippen molar-refractivity contribution in [1.82, 2.24) is 4.98 Å². The van der Waals surface area contributed by atoms with E-state index < -0.39 is 0 Å². The highest BCUT2D eigenvalue weighted by molar-refractivity contribution is 5.88. The van der Waals surface area contributed by atoms with Gasteiger partial charge >= 0.3 is 0 Å². The second kappa shape index (κ2) is 7.66. The molecule has 0 bridgehead atoms. The van der Waals surface area contributed by atoms with E-state index in [1.807, 2.05) is 42.5 Å². The molecule has 5 heteroatoms. The van der Waals surface area contributed by atoms with Crippen LogP contribution in [0.4, 0.5) is 0 Å². The van der Waals surface area contributed by atoms with E-state index in [2.05, 4.69) is 4.98 Å². The van der Waals surface area contributed by atoms with Crippen molar-refractivity contribution in [3.05, 3.63) is 60.3 Å². The molecule has 3 N–H and O–H groups in total. The average molecular weight is 324 g/mol. The summed E-state index contributed by atoms with van der Waals surface area (Å²) in [5, 5.41) is 10.5. The highest BCUT2D eigenvalue weighted by Crippen LogP contribution is 2.37. The minimum absolute atomic E-state index is 0.0892. The fourth-order valence-electron chi connectivity index (χ4n) is 2.40. The molecule has 1 heterocycles. The molecule has 5 nitrogen and oxygen atoms in total. The summed E-state index contributed by atoms with van der Waals surface area (Å²) in [7, 11) is 0. The van der Waals surface area contributed by atoms with Crippen molar-refractivity contribution in [3.63, 3.8) is 0 Å². The number of rotatable bonds is 7. The molecule has 0 spiro atoms. The van der Waals surface area contributed by atoms with Gasteiger partial charge in [0.15, 0.2) is 11.5 Å². The summed E-state index contributed by atoms with van der Waals surface area (Å²) in [5.41, 5.74) is 7.35. The summed E-state index contributed by atoms with van der Waals surface area (Å²) < 4.78 is 11.8. The molecule has 0 aliphatic carbocycles. The van der Waals surface area contributed by atoms with E-state index in [1.165, 1.54) is 6.20 Å². The first-order chi connectivity index (χ1) is 11.8. The lowest BCUT2D eigenvalue weighted by atomic mass is 10.1. The van der Waals surface area contributed by atoms with Gasteiger partial charge in [0.2, 0.25) is 0 Å². The zero-order chi connectivity index (χ0) is 16.8. The number of pyridine rings is 1. The van der Waals surface area contributed by atoms with Gasteiger partial charge in [-0.3, -0.25) is 4.98 Å². The Hall–Kier alpha value is -2.79. The molecule has 24 heavy (non-hydrogen) atoms. The number of ether oxygens (including phenoxy) is 2. The van der Waals surface area contributed by atoms with Crippen LogP contribution in [0.2, 0.25) is 0 Å². The van der Waals surface area contributed by atoms with Gasteiger partial charge in [-0.2, -0.15) is 0 Å². The maximum absolute atomic E-state index is 9.75. The molecule has 124 valence electrons.